The SMILES string of the molecule is CCOc1nc(N)nc2c1nc(I)n2C1O[C@H](COP(=O)(N[C@H](C(=O)OCC(C)(C)C)C(C)C)Oc2cccc3ccccc23)[C@@H](O)[C@@]1(C)O. The third kappa shape index (κ3) is 8.16. The van der Waals surface area contributed by atoms with Crippen LogP contribution in [0, 0.1) is 15.2 Å². The number of anilines is 1. The topological polar surface area (TPSA) is 202 Å². The number of imidazole rings is 1. The van der Waals surface area contributed by atoms with Crippen LogP contribution in [0.5, 0.6) is 11.6 Å². The normalized spacial score (nSPS) is 22.9. The lowest BCUT2D eigenvalue weighted by atomic mass is 9.96. The van der Waals surface area contributed by atoms with E-state index in [1.165, 1.54) is 11.5 Å². The zero-order valence-electron chi connectivity index (χ0n) is 29.0. The molecule has 5 rings (SSSR count). The average Bonchev–Trinajstić information content (AvgIpc) is 3.48. The molecule has 272 valence electrons. The molecular formula is C33H44IN6O9P. The number of hydrogen-bond donors (Lipinski definition) is 4. The monoisotopic (exact) mass is 826 g/mol. The minimum Gasteiger partial charge on any atom is -0.476 e. The van der Waals surface area contributed by atoms with Crippen molar-refractivity contribution in [2.45, 2.75) is 78.5 Å². The number of aromatic nitrogens is 4. The first kappa shape index (κ1) is 38.1. The molecule has 1 aliphatic rings. The molecule has 5 N–H and O–H groups in total. The highest BCUT2D eigenvalue weighted by Gasteiger charge is 2.55. The van der Waals surface area contributed by atoms with Crippen molar-refractivity contribution in [3.05, 3.63) is 46.3 Å². The number of nitrogens with zero attached hydrogens (tertiary/aromatic N) is 4. The van der Waals surface area contributed by atoms with Gasteiger partial charge in [-0.1, -0.05) is 71.0 Å². The molecule has 6 atom stereocenters. The Labute approximate surface area is 303 Å². The van der Waals surface area contributed by atoms with E-state index < -0.39 is 50.4 Å². The van der Waals surface area contributed by atoms with Gasteiger partial charge in [0.15, 0.2) is 21.2 Å². The van der Waals surface area contributed by atoms with Gasteiger partial charge in [0.1, 0.15) is 29.6 Å². The van der Waals surface area contributed by atoms with Crippen LogP contribution in [0.15, 0.2) is 42.5 Å². The van der Waals surface area contributed by atoms with Gasteiger partial charge in [-0.15, -0.1) is 0 Å². The van der Waals surface area contributed by atoms with Gasteiger partial charge in [0.2, 0.25) is 11.8 Å². The summed E-state index contributed by atoms with van der Waals surface area (Å²) >= 11 is 1.95. The summed E-state index contributed by atoms with van der Waals surface area (Å²) in [6.45, 7) is 12.4. The summed E-state index contributed by atoms with van der Waals surface area (Å²) in [6.07, 6.45) is -4.02. The summed E-state index contributed by atoms with van der Waals surface area (Å²) in [5.74, 6) is -0.710. The Hall–Kier alpha value is -3.12. The smallest absolute Gasteiger partial charge is 0.459 e. The number of nitrogens with one attached hydrogen (secondary N) is 1. The van der Waals surface area contributed by atoms with E-state index in [0.29, 0.717) is 15.8 Å². The number of aliphatic hydroxyl groups is 2. The average molecular weight is 827 g/mol. The van der Waals surface area contributed by atoms with Gasteiger partial charge in [0, 0.05) is 28.0 Å². The highest BCUT2D eigenvalue weighted by molar-refractivity contribution is 14.1. The van der Waals surface area contributed by atoms with Gasteiger partial charge < -0.3 is 34.7 Å². The fourth-order valence-corrected chi connectivity index (χ4v) is 7.83. The lowest BCUT2D eigenvalue weighted by molar-refractivity contribution is -0.149. The molecule has 2 aromatic carbocycles. The summed E-state index contributed by atoms with van der Waals surface area (Å²) in [5, 5.41) is 27.3. The number of halogens is 1. The number of ether oxygens (including phenoxy) is 3. The molecule has 0 spiro atoms. The third-order valence-corrected chi connectivity index (χ3v) is 10.3. The van der Waals surface area contributed by atoms with Gasteiger partial charge in [-0.25, -0.2) is 9.55 Å². The Morgan fingerprint density at radius 2 is 1.88 bits per heavy atom. The minimum absolute atomic E-state index is 0.0881. The van der Waals surface area contributed by atoms with Gasteiger partial charge in [-0.3, -0.25) is 13.9 Å². The molecule has 0 radical (unpaired) electrons. The summed E-state index contributed by atoms with van der Waals surface area (Å²) < 4.78 is 46.0. The van der Waals surface area contributed by atoms with Crippen molar-refractivity contribution in [2.24, 2.45) is 11.3 Å². The molecule has 2 unspecified atom stereocenters. The molecule has 4 aromatic rings. The van der Waals surface area contributed by atoms with Crippen molar-refractivity contribution in [1.82, 2.24) is 24.6 Å². The molecule has 1 fully saturated rings. The predicted molar refractivity (Wildman–Crippen MR) is 194 cm³/mol. The Morgan fingerprint density at radius 1 is 1.18 bits per heavy atom. The van der Waals surface area contributed by atoms with Crippen LogP contribution in [-0.4, -0.2) is 79.4 Å². The number of esters is 1. The first-order valence-corrected chi connectivity index (χ1v) is 18.8. The highest BCUT2D eigenvalue weighted by atomic mass is 127. The molecule has 3 heterocycles. The minimum atomic E-state index is -4.44. The quantitative estimate of drug-likeness (QED) is 0.0608. The molecule has 1 aliphatic heterocycles. The van der Waals surface area contributed by atoms with Crippen molar-refractivity contribution < 1.29 is 42.8 Å². The van der Waals surface area contributed by atoms with E-state index >= 15 is 0 Å². The van der Waals surface area contributed by atoms with E-state index in [-0.39, 0.29) is 46.7 Å². The number of nitrogen functional groups attached to an aromatic ring is 1. The summed E-state index contributed by atoms with van der Waals surface area (Å²) in [7, 11) is -4.44. The molecule has 1 saturated heterocycles. The predicted octanol–water partition coefficient (Wildman–Crippen LogP) is 4.98. The van der Waals surface area contributed by atoms with Gasteiger partial charge in [-0.05, 0) is 36.6 Å². The number of fused-ring (bicyclic) bond motifs is 2. The first-order valence-electron chi connectivity index (χ1n) is 16.2. The molecule has 15 nitrogen and oxygen atoms in total. The van der Waals surface area contributed by atoms with E-state index in [2.05, 4.69) is 20.0 Å². The molecular weight excluding hydrogens is 782 g/mol. The van der Waals surface area contributed by atoms with Crippen LogP contribution in [0.2, 0.25) is 0 Å². The molecule has 0 bridgehead atoms. The maximum atomic E-state index is 14.7. The van der Waals surface area contributed by atoms with E-state index in [9.17, 15) is 19.6 Å². The van der Waals surface area contributed by atoms with Gasteiger partial charge in [-0.2, -0.15) is 15.1 Å². The van der Waals surface area contributed by atoms with E-state index in [0.717, 1.165) is 5.39 Å². The highest BCUT2D eigenvalue weighted by Crippen LogP contribution is 2.49. The second-order valence-electron chi connectivity index (χ2n) is 13.8. The van der Waals surface area contributed by atoms with Crippen LogP contribution in [0.3, 0.4) is 0 Å². The van der Waals surface area contributed by atoms with Crippen molar-refractivity contribution >= 4 is 64.2 Å². The molecule has 0 amide bonds. The number of carbonyl (C=O) groups excluding carboxylic acids is 1. The molecule has 50 heavy (non-hydrogen) atoms. The van der Waals surface area contributed by atoms with Crippen LogP contribution >= 0.6 is 30.3 Å². The molecule has 0 aliphatic carbocycles. The van der Waals surface area contributed by atoms with Crippen molar-refractivity contribution in [2.75, 3.05) is 25.6 Å². The van der Waals surface area contributed by atoms with Crippen LogP contribution in [0.1, 0.15) is 54.7 Å². The Kier molecular flexibility index (Phi) is 11.3. The van der Waals surface area contributed by atoms with Crippen LogP contribution in [-0.2, 0) is 23.4 Å². The Morgan fingerprint density at radius 3 is 2.56 bits per heavy atom. The number of nitrogens with two attached hydrogens (primary N) is 1. The number of aliphatic hydroxyl groups excluding tert-OH is 1. The third-order valence-electron chi connectivity index (χ3n) is 7.99. The summed E-state index contributed by atoms with van der Waals surface area (Å²) in [4.78, 5) is 26.3. The maximum Gasteiger partial charge on any atom is 0.459 e. The molecule has 17 heteroatoms. The van der Waals surface area contributed by atoms with E-state index in [1.54, 1.807) is 32.9 Å². The standard InChI is InChI=1S/C33H44IN6O9P/c1-8-45-27-24-26(37-31(35)38-27)40(30(34)36-24)29-33(7,43)25(41)22(48-29)16-47-50(44,39-23(18(2)3)28(42)46-17-32(4,5)6)49-21-15-11-13-19-12-9-10-14-20(19)21/h9-15,18,22-23,25,29,41,43H,8,16-17H2,1-7H3,(H,39,44)(H2,35,37,38)/t22-,23+,25-,29?,33-,50?/m1/s1. The fourth-order valence-electron chi connectivity index (χ4n) is 5.42. The van der Waals surface area contributed by atoms with E-state index in [1.807, 2.05) is 73.7 Å². The van der Waals surface area contributed by atoms with Crippen LogP contribution in [0.4, 0.5) is 5.95 Å². The number of carbonyl (C=O) groups is 1. The second-order valence-corrected chi connectivity index (χ2v) is 16.5. The van der Waals surface area contributed by atoms with Crippen molar-refractivity contribution in [3.63, 3.8) is 0 Å². The fraction of sp³-hybridized carbons (Fsp3) is 0.515. The zero-order chi connectivity index (χ0) is 36.6. The summed E-state index contributed by atoms with van der Waals surface area (Å²) in [5.41, 5.74) is 4.24. The van der Waals surface area contributed by atoms with Gasteiger partial charge >= 0.3 is 13.7 Å². The maximum absolute atomic E-state index is 14.7. The van der Waals surface area contributed by atoms with E-state index in [4.69, 9.17) is 29.0 Å². The Balaban J connectivity index is 1.46. The summed E-state index contributed by atoms with van der Waals surface area (Å²) in [6, 6.07) is 11.5. The largest absolute Gasteiger partial charge is 0.476 e. The van der Waals surface area contributed by atoms with Crippen molar-refractivity contribution in [3.8, 4) is 11.6 Å². The lowest BCUT2D eigenvalue weighted by Gasteiger charge is -2.29. The van der Waals surface area contributed by atoms with Crippen molar-refractivity contribution in [1.29, 1.82) is 0 Å². The first-order chi connectivity index (χ1) is 23.4. The molecule has 0 saturated carbocycles. The molecule has 2 aromatic heterocycles. The number of rotatable bonds is 13. The van der Waals surface area contributed by atoms with Crippen LogP contribution in [0.25, 0.3) is 21.9 Å². The zero-order valence-corrected chi connectivity index (χ0v) is 32.0. The number of benzene rings is 2. The Bertz CT molecular complexity index is 1890. The van der Waals surface area contributed by atoms with Crippen LogP contribution < -0.4 is 20.1 Å². The number of hydrogen-bond acceptors (Lipinski definition) is 13. The lowest BCUT2D eigenvalue weighted by Crippen LogP contribution is -2.45. The second kappa shape index (κ2) is 14.9. The van der Waals surface area contributed by atoms with Gasteiger partial charge in [0.25, 0.3) is 0 Å². The van der Waals surface area contributed by atoms with Gasteiger partial charge in [0.05, 0.1) is 19.8 Å².